The molecule has 19 heavy (non-hydrogen) atoms. The number of halogens is 1. The molecule has 104 valence electrons. The van der Waals surface area contributed by atoms with Crippen LogP contribution in [-0.4, -0.2) is 18.5 Å². The van der Waals surface area contributed by atoms with Crippen LogP contribution >= 0.6 is 11.6 Å². The van der Waals surface area contributed by atoms with E-state index in [9.17, 15) is 10.1 Å². The van der Waals surface area contributed by atoms with Crippen LogP contribution in [0.4, 0.5) is 11.4 Å². The van der Waals surface area contributed by atoms with Crippen LogP contribution in [0, 0.1) is 16.0 Å². The molecule has 1 aliphatic rings. The van der Waals surface area contributed by atoms with Gasteiger partial charge in [-0.2, -0.15) is 0 Å². The van der Waals surface area contributed by atoms with Gasteiger partial charge in [0.25, 0.3) is 5.69 Å². The molecule has 0 atom stereocenters. The second-order valence-electron chi connectivity index (χ2n) is 5.24. The smallest absolute Gasteiger partial charge is 0.292 e. The van der Waals surface area contributed by atoms with Crippen LogP contribution in [-0.2, 0) is 5.88 Å². The van der Waals surface area contributed by atoms with Crippen molar-refractivity contribution in [1.82, 2.24) is 0 Å². The summed E-state index contributed by atoms with van der Waals surface area (Å²) in [7, 11) is 1.93. The van der Waals surface area contributed by atoms with Gasteiger partial charge >= 0.3 is 0 Å². The molecule has 2 rings (SSSR count). The fourth-order valence-electron chi connectivity index (χ4n) is 2.80. The first-order valence-corrected chi connectivity index (χ1v) is 7.19. The van der Waals surface area contributed by atoms with Crippen LogP contribution in [0.2, 0.25) is 0 Å². The van der Waals surface area contributed by atoms with E-state index < -0.39 is 0 Å². The summed E-state index contributed by atoms with van der Waals surface area (Å²) in [5.41, 5.74) is 1.62. The van der Waals surface area contributed by atoms with Crippen molar-refractivity contribution in [3.05, 3.63) is 33.9 Å². The van der Waals surface area contributed by atoms with E-state index in [1.807, 2.05) is 24.1 Å². The summed E-state index contributed by atoms with van der Waals surface area (Å²) in [6.45, 7) is 0.890. The largest absolute Gasteiger partial charge is 0.369 e. The topological polar surface area (TPSA) is 46.4 Å². The average Bonchev–Trinajstić information content (AvgIpc) is 2.90. The second-order valence-corrected chi connectivity index (χ2v) is 5.51. The van der Waals surface area contributed by atoms with Crippen LogP contribution in [0.3, 0.4) is 0 Å². The third-order valence-electron chi connectivity index (χ3n) is 3.81. The van der Waals surface area contributed by atoms with Gasteiger partial charge in [0.2, 0.25) is 0 Å². The Labute approximate surface area is 118 Å². The van der Waals surface area contributed by atoms with E-state index in [1.54, 1.807) is 6.07 Å². The van der Waals surface area contributed by atoms with Gasteiger partial charge in [0, 0.05) is 25.5 Å². The quantitative estimate of drug-likeness (QED) is 0.466. The molecule has 1 aromatic rings. The third kappa shape index (κ3) is 3.38. The zero-order chi connectivity index (χ0) is 13.8. The lowest BCUT2D eigenvalue weighted by Crippen LogP contribution is -2.24. The highest BCUT2D eigenvalue weighted by Gasteiger charge is 2.22. The number of alkyl halides is 1. The number of rotatable bonds is 5. The molecule has 0 bridgehead atoms. The van der Waals surface area contributed by atoms with E-state index in [1.165, 1.54) is 25.7 Å². The van der Waals surface area contributed by atoms with Crippen LogP contribution in [0.5, 0.6) is 0 Å². The first kappa shape index (κ1) is 14.1. The van der Waals surface area contributed by atoms with Gasteiger partial charge < -0.3 is 4.90 Å². The number of nitro benzene ring substituents is 1. The highest BCUT2D eigenvalue weighted by Crippen LogP contribution is 2.32. The van der Waals surface area contributed by atoms with Crippen molar-refractivity contribution in [2.24, 2.45) is 5.92 Å². The molecule has 0 unspecified atom stereocenters. The lowest BCUT2D eigenvalue weighted by Gasteiger charge is -2.23. The Kier molecular flexibility index (Phi) is 4.64. The standard InChI is InChI=1S/C14H19ClN2O2/c1-16(10-11-4-2-3-5-11)13-7-6-12(9-15)8-14(13)17(18)19/h6-8,11H,2-5,9-10H2,1H3. The molecule has 0 radical (unpaired) electrons. The Hall–Kier alpha value is -1.29. The van der Waals surface area contributed by atoms with E-state index in [0.717, 1.165) is 12.1 Å². The van der Waals surface area contributed by atoms with Gasteiger partial charge in [0.15, 0.2) is 0 Å². The van der Waals surface area contributed by atoms with Crippen LogP contribution in [0.15, 0.2) is 18.2 Å². The van der Waals surface area contributed by atoms with Crippen LogP contribution in [0.1, 0.15) is 31.2 Å². The molecule has 5 heteroatoms. The van der Waals surface area contributed by atoms with Crippen molar-refractivity contribution in [2.45, 2.75) is 31.6 Å². The predicted octanol–water partition coefficient (Wildman–Crippen LogP) is 3.96. The van der Waals surface area contributed by atoms with Crippen LogP contribution in [0.25, 0.3) is 0 Å². The minimum atomic E-state index is -0.323. The Bertz CT molecular complexity index is 459. The summed E-state index contributed by atoms with van der Waals surface area (Å²) in [4.78, 5) is 12.9. The molecule has 1 saturated carbocycles. The second kappa shape index (κ2) is 6.24. The van der Waals surface area contributed by atoms with E-state index in [0.29, 0.717) is 17.5 Å². The highest BCUT2D eigenvalue weighted by atomic mass is 35.5. The Morgan fingerprint density at radius 2 is 2.11 bits per heavy atom. The van der Waals surface area contributed by atoms with E-state index in [-0.39, 0.29) is 10.6 Å². The summed E-state index contributed by atoms with van der Waals surface area (Å²) in [6.07, 6.45) is 5.04. The number of hydrogen-bond donors (Lipinski definition) is 0. The van der Waals surface area contributed by atoms with Crippen molar-refractivity contribution < 1.29 is 4.92 Å². The van der Waals surface area contributed by atoms with Crippen LogP contribution < -0.4 is 4.90 Å². The molecular weight excluding hydrogens is 264 g/mol. The van der Waals surface area contributed by atoms with E-state index >= 15 is 0 Å². The van der Waals surface area contributed by atoms with Crippen molar-refractivity contribution in [2.75, 3.05) is 18.5 Å². The Balaban J connectivity index is 2.19. The number of nitro groups is 1. The zero-order valence-electron chi connectivity index (χ0n) is 11.1. The van der Waals surface area contributed by atoms with Gasteiger partial charge in [0.1, 0.15) is 5.69 Å². The monoisotopic (exact) mass is 282 g/mol. The molecule has 0 N–H and O–H groups in total. The minimum Gasteiger partial charge on any atom is -0.369 e. The molecule has 0 spiro atoms. The fraction of sp³-hybridized carbons (Fsp3) is 0.571. The van der Waals surface area contributed by atoms with Crippen molar-refractivity contribution in [3.8, 4) is 0 Å². The summed E-state index contributed by atoms with van der Waals surface area (Å²) >= 11 is 5.74. The maximum absolute atomic E-state index is 11.2. The number of benzene rings is 1. The van der Waals surface area contributed by atoms with Gasteiger partial charge in [-0.05, 0) is 30.4 Å². The number of hydrogen-bond acceptors (Lipinski definition) is 3. The first-order valence-electron chi connectivity index (χ1n) is 6.66. The lowest BCUT2D eigenvalue weighted by atomic mass is 10.1. The number of anilines is 1. The third-order valence-corrected chi connectivity index (χ3v) is 4.12. The van der Waals surface area contributed by atoms with Crippen molar-refractivity contribution >= 4 is 23.0 Å². The summed E-state index contributed by atoms with van der Waals surface area (Å²) in [5.74, 6) is 0.963. The predicted molar refractivity (Wildman–Crippen MR) is 77.9 cm³/mol. The van der Waals surface area contributed by atoms with E-state index in [4.69, 9.17) is 11.6 Å². The molecule has 1 aromatic carbocycles. The lowest BCUT2D eigenvalue weighted by molar-refractivity contribution is -0.384. The van der Waals surface area contributed by atoms with Gasteiger partial charge in [0.05, 0.1) is 4.92 Å². The van der Waals surface area contributed by atoms with E-state index in [2.05, 4.69) is 0 Å². The van der Waals surface area contributed by atoms with Crippen molar-refractivity contribution in [1.29, 1.82) is 0 Å². The molecule has 1 fully saturated rings. The molecular formula is C14H19ClN2O2. The molecule has 0 aromatic heterocycles. The van der Waals surface area contributed by atoms with Gasteiger partial charge in [-0.3, -0.25) is 10.1 Å². The summed E-state index contributed by atoms with van der Waals surface area (Å²) in [5, 5.41) is 11.2. The molecule has 1 aliphatic carbocycles. The summed E-state index contributed by atoms with van der Waals surface area (Å²) in [6, 6.07) is 5.25. The maximum Gasteiger partial charge on any atom is 0.292 e. The molecule has 4 nitrogen and oxygen atoms in total. The summed E-state index contributed by atoms with van der Waals surface area (Å²) < 4.78 is 0. The average molecular weight is 283 g/mol. The fourth-order valence-corrected chi connectivity index (χ4v) is 2.97. The molecule has 0 aliphatic heterocycles. The zero-order valence-corrected chi connectivity index (χ0v) is 11.9. The van der Waals surface area contributed by atoms with Crippen molar-refractivity contribution in [3.63, 3.8) is 0 Å². The Morgan fingerprint density at radius 1 is 1.42 bits per heavy atom. The minimum absolute atomic E-state index is 0.152. The first-order chi connectivity index (χ1) is 9.11. The SMILES string of the molecule is CN(CC1CCCC1)c1ccc(CCl)cc1[N+](=O)[O-]. The highest BCUT2D eigenvalue weighted by molar-refractivity contribution is 6.17. The number of nitrogens with zero attached hydrogens (tertiary/aromatic N) is 2. The normalized spacial score (nSPS) is 15.7. The molecule has 0 amide bonds. The van der Waals surface area contributed by atoms with Gasteiger partial charge in [-0.25, -0.2) is 0 Å². The Morgan fingerprint density at radius 3 is 2.68 bits per heavy atom. The molecule has 0 heterocycles. The maximum atomic E-state index is 11.2. The van der Waals surface area contributed by atoms with Gasteiger partial charge in [-0.1, -0.05) is 18.9 Å². The molecule has 0 saturated heterocycles. The van der Waals surface area contributed by atoms with Gasteiger partial charge in [-0.15, -0.1) is 11.6 Å².